The Balaban J connectivity index is 1.46. The first-order valence-corrected chi connectivity index (χ1v) is 11.7. The van der Waals surface area contributed by atoms with E-state index >= 15 is 0 Å². The molecule has 6 nitrogen and oxygen atoms in total. The Bertz CT molecular complexity index is 822. The van der Waals surface area contributed by atoms with Crippen LogP contribution in [0.25, 0.3) is 0 Å². The van der Waals surface area contributed by atoms with Crippen LogP contribution in [0, 0.1) is 5.41 Å². The number of benzene rings is 1. The SMILES string of the molecule is CCOC(=O)C1(Cc2ccccc2)CCCN(Cc2cnc(N3CCOCC3)s2)C1. The van der Waals surface area contributed by atoms with Gasteiger partial charge in [0, 0.05) is 37.3 Å². The molecule has 0 bridgehead atoms. The molecule has 2 saturated heterocycles. The molecule has 4 rings (SSSR count). The van der Waals surface area contributed by atoms with Crippen molar-refractivity contribution in [2.24, 2.45) is 5.41 Å². The van der Waals surface area contributed by atoms with E-state index in [0.29, 0.717) is 6.61 Å². The summed E-state index contributed by atoms with van der Waals surface area (Å²) in [7, 11) is 0. The minimum atomic E-state index is -0.479. The van der Waals surface area contributed by atoms with Gasteiger partial charge in [-0.2, -0.15) is 0 Å². The van der Waals surface area contributed by atoms with Gasteiger partial charge in [0.25, 0.3) is 0 Å². The van der Waals surface area contributed by atoms with E-state index in [-0.39, 0.29) is 5.97 Å². The molecule has 0 spiro atoms. The van der Waals surface area contributed by atoms with Crippen LogP contribution in [0.3, 0.4) is 0 Å². The smallest absolute Gasteiger partial charge is 0.313 e. The Labute approximate surface area is 182 Å². The Hall–Kier alpha value is -1.96. The molecule has 0 radical (unpaired) electrons. The summed E-state index contributed by atoms with van der Waals surface area (Å²) in [5.74, 6) is -0.0585. The lowest BCUT2D eigenvalue weighted by Gasteiger charge is -2.41. The molecule has 0 saturated carbocycles. The highest BCUT2D eigenvalue weighted by molar-refractivity contribution is 7.15. The van der Waals surface area contributed by atoms with Gasteiger partial charge in [0.2, 0.25) is 0 Å². The molecule has 1 aromatic carbocycles. The third kappa shape index (κ3) is 5.02. The summed E-state index contributed by atoms with van der Waals surface area (Å²) < 4.78 is 11.0. The number of anilines is 1. The second-order valence-electron chi connectivity index (χ2n) is 8.19. The summed E-state index contributed by atoms with van der Waals surface area (Å²) in [6.07, 6.45) is 4.60. The molecule has 162 valence electrons. The topological polar surface area (TPSA) is 54.9 Å². The molecule has 2 aliphatic rings. The maximum absolute atomic E-state index is 13.1. The fourth-order valence-electron chi connectivity index (χ4n) is 4.51. The Morgan fingerprint density at radius 1 is 1.23 bits per heavy atom. The van der Waals surface area contributed by atoms with Crippen LogP contribution >= 0.6 is 11.3 Å². The number of aromatic nitrogens is 1. The molecule has 2 aliphatic heterocycles. The molecule has 30 heavy (non-hydrogen) atoms. The summed E-state index contributed by atoms with van der Waals surface area (Å²) in [5, 5.41) is 1.08. The fraction of sp³-hybridized carbons (Fsp3) is 0.565. The predicted octanol–water partition coefficient (Wildman–Crippen LogP) is 3.37. The third-order valence-electron chi connectivity index (χ3n) is 5.95. The number of hydrogen-bond donors (Lipinski definition) is 0. The molecule has 7 heteroatoms. The van der Waals surface area contributed by atoms with Crippen LogP contribution in [0.15, 0.2) is 36.5 Å². The maximum Gasteiger partial charge on any atom is 0.313 e. The molecule has 3 heterocycles. The number of carbonyl (C=O) groups excluding carboxylic acids is 1. The molecule has 1 unspecified atom stereocenters. The van der Waals surface area contributed by atoms with Crippen molar-refractivity contribution >= 4 is 22.4 Å². The van der Waals surface area contributed by atoms with E-state index in [9.17, 15) is 4.79 Å². The first kappa shape index (κ1) is 21.3. The van der Waals surface area contributed by atoms with Crippen molar-refractivity contribution < 1.29 is 14.3 Å². The minimum Gasteiger partial charge on any atom is -0.466 e. The first-order chi connectivity index (χ1) is 14.7. The summed E-state index contributed by atoms with van der Waals surface area (Å²) >= 11 is 1.76. The minimum absolute atomic E-state index is 0.0585. The van der Waals surface area contributed by atoms with Crippen molar-refractivity contribution in [1.29, 1.82) is 0 Å². The van der Waals surface area contributed by atoms with Crippen LogP contribution in [-0.2, 0) is 27.2 Å². The van der Waals surface area contributed by atoms with Crippen molar-refractivity contribution in [3.05, 3.63) is 47.0 Å². The number of piperidine rings is 1. The van der Waals surface area contributed by atoms with Crippen LogP contribution in [0.5, 0.6) is 0 Å². The van der Waals surface area contributed by atoms with Crippen LogP contribution in [0.4, 0.5) is 5.13 Å². The average Bonchev–Trinajstić information content (AvgIpc) is 3.24. The third-order valence-corrected chi connectivity index (χ3v) is 7.00. The van der Waals surface area contributed by atoms with Crippen molar-refractivity contribution in [2.45, 2.75) is 32.7 Å². The zero-order valence-electron chi connectivity index (χ0n) is 17.7. The van der Waals surface area contributed by atoms with Crippen LogP contribution in [0.2, 0.25) is 0 Å². The molecule has 2 aromatic rings. The van der Waals surface area contributed by atoms with E-state index in [2.05, 4.69) is 26.9 Å². The van der Waals surface area contributed by atoms with Crippen LogP contribution < -0.4 is 4.90 Å². The van der Waals surface area contributed by atoms with Gasteiger partial charge in [-0.15, -0.1) is 11.3 Å². The van der Waals surface area contributed by atoms with Gasteiger partial charge in [0.1, 0.15) is 0 Å². The molecule has 0 aliphatic carbocycles. The highest BCUT2D eigenvalue weighted by atomic mass is 32.1. The van der Waals surface area contributed by atoms with E-state index in [1.807, 2.05) is 31.3 Å². The van der Waals surface area contributed by atoms with Gasteiger partial charge in [-0.1, -0.05) is 30.3 Å². The molecular formula is C23H31N3O3S. The summed E-state index contributed by atoms with van der Waals surface area (Å²) in [5.41, 5.74) is 0.715. The largest absolute Gasteiger partial charge is 0.466 e. The van der Waals surface area contributed by atoms with E-state index in [4.69, 9.17) is 9.47 Å². The lowest BCUT2D eigenvalue weighted by atomic mass is 9.75. The lowest BCUT2D eigenvalue weighted by Crippen LogP contribution is -2.49. The molecule has 1 aromatic heterocycles. The maximum atomic E-state index is 13.1. The Morgan fingerprint density at radius 2 is 2.03 bits per heavy atom. The number of esters is 1. The number of morpholine rings is 1. The van der Waals surface area contributed by atoms with E-state index in [1.165, 1.54) is 10.4 Å². The number of carbonyl (C=O) groups is 1. The molecule has 2 fully saturated rings. The highest BCUT2D eigenvalue weighted by Gasteiger charge is 2.43. The number of likely N-dealkylation sites (tertiary alicyclic amines) is 1. The van der Waals surface area contributed by atoms with Gasteiger partial charge >= 0.3 is 5.97 Å². The number of ether oxygens (including phenoxy) is 2. The van der Waals surface area contributed by atoms with Gasteiger partial charge in [0.15, 0.2) is 5.13 Å². The predicted molar refractivity (Wildman–Crippen MR) is 119 cm³/mol. The van der Waals surface area contributed by atoms with Crippen molar-refractivity contribution in [1.82, 2.24) is 9.88 Å². The zero-order chi connectivity index (χ0) is 20.8. The van der Waals surface area contributed by atoms with Gasteiger partial charge in [-0.25, -0.2) is 4.98 Å². The Morgan fingerprint density at radius 3 is 2.80 bits per heavy atom. The van der Waals surface area contributed by atoms with Gasteiger partial charge < -0.3 is 14.4 Å². The number of rotatable bonds is 7. The monoisotopic (exact) mass is 429 g/mol. The first-order valence-electron chi connectivity index (χ1n) is 10.9. The second kappa shape index (κ2) is 9.90. The Kier molecular flexibility index (Phi) is 7.02. The summed E-state index contributed by atoms with van der Waals surface area (Å²) in [6.45, 7) is 8.21. The summed E-state index contributed by atoms with van der Waals surface area (Å²) in [6, 6.07) is 10.3. The highest BCUT2D eigenvalue weighted by Crippen LogP contribution is 2.36. The molecule has 0 N–H and O–H groups in total. The van der Waals surface area contributed by atoms with Gasteiger partial charge in [-0.3, -0.25) is 9.69 Å². The van der Waals surface area contributed by atoms with Gasteiger partial charge in [-0.05, 0) is 38.3 Å². The standard InChI is InChI=1S/C23H31N3O3S/c1-2-29-21(27)23(15-19-7-4-3-5-8-19)9-6-10-25(18-23)17-20-16-24-22(30-20)26-11-13-28-14-12-26/h3-5,7-8,16H,2,6,9-15,17-18H2,1H3. The molecular weight excluding hydrogens is 398 g/mol. The quantitative estimate of drug-likeness (QED) is 0.629. The van der Waals surface area contributed by atoms with Gasteiger partial charge in [0.05, 0.1) is 25.2 Å². The van der Waals surface area contributed by atoms with E-state index in [0.717, 1.165) is 70.3 Å². The normalized spacial score (nSPS) is 22.8. The van der Waals surface area contributed by atoms with Crippen LogP contribution in [-0.4, -0.2) is 61.9 Å². The van der Waals surface area contributed by atoms with E-state index < -0.39 is 5.41 Å². The number of hydrogen-bond acceptors (Lipinski definition) is 7. The lowest BCUT2D eigenvalue weighted by molar-refractivity contribution is -0.159. The van der Waals surface area contributed by atoms with Crippen molar-refractivity contribution in [3.8, 4) is 0 Å². The van der Waals surface area contributed by atoms with Crippen LogP contribution in [0.1, 0.15) is 30.2 Å². The number of thiazole rings is 1. The number of nitrogens with zero attached hydrogens (tertiary/aromatic N) is 3. The van der Waals surface area contributed by atoms with Crippen molar-refractivity contribution in [3.63, 3.8) is 0 Å². The fourth-order valence-corrected chi connectivity index (χ4v) is 5.51. The molecule has 0 amide bonds. The second-order valence-corrected chi connectivity index (χ2v) is 9.28. The zero-order valence-corrected chi connectivity index (χ0v) is 18.5. The average molecular weight is 430 g/mol. The summed E-state index contributed by atoms with van der Waals surface area (Å²) in [4.78, 5) is 23.6. The molecule has 1 atom stereocenters. The van der Waals surface area contributed by atoms with Crippen molar-refractivity contribution in [2.75, 3.05) is 50.9 Å². The van der Waals surface area contributed by atoms with E-state index in [1.54, 1.807) is 11.3 Å².